The van der Waals surface area contributed by atoms with Gasteiger partial charge in [0.25, 0.3) is 0 Å². The average Bonchev–Trinajstić information content (AvgIpc) is 2.95. The molecule has 1 unspecified atom stereocenters. The first-order valence-corrected chi connectivity index (χ1v) is 13.5. The molecule has 3 amide bonds. The summed E-state index contributed by atoms with van der Waals surface area (Å²) in [6, 6.07) is 4.39. The Morgan fingerprint density at radius 2 is 1.86 bits per heavy atom. The van der Waals surface area contributed by atoms with Crippen LogP contribution in [-0.4, -0.2) is 48.7 Å². The highest BCUT2D eigenvalue weighted by Gasteiger charge is 2.30. The normalized spacial score (nSPS) is 14.3. The Morgan fingerprint density at radius 3 is 2.50 bits per heavy atom. The highest BCUT2D eigenvalue weighted by Crippen LogP contribution is 2.35. The number of pyridine rings is 1. The standard InChI is InChI=1S/C30H33F4N5O3/c1-5-8-19(6-2)16-35-29(40)39(28-23(32)9-7-10-24(28)33)26-14-11-20(17-42-30(41)36-18-38(3)4)27(37-26)22-13-12-21(31)15-25(22)34/h9,11-16,18-19H,5-8,10,17H2,1-4H3/b35-16+,36-18+. The number of anilines is 1. The zero-order chi connectivity index (χ0) is 30.8. The molecule has 0 saturated heterocycles. The molecule has 224 valence electrons. The van der Waals surface area contributed by atoms with Gasteiger partial charge in [0.15, 0.2) is 0 Å². The Labute approximate surface area is 242 Å². The summed E-state index contributed by atoms with van der Waals surface area (Å²) in [6.45, 7) is 3.50. The summed E-state index contributed by atoms with van der Waals surface area (Å²) >= 11 is 0. The molecule has 8 nitrogen and oxygen atoms in total. The van der Waals surface area contributed by atoms with E-state index in [1.54, 1.807) is 14.1 Å². The average molecular weight is 588 g/mol. The second kappa shape index (κ2) is 15.0. The van der Waals surface area contributed by atoms with Crippen LogP contribution < -0.4 is 4.90 Å². The second-order valence-electron chi connectivity index (χ2n) is 9.76. The highest BCUT2D eigenvalue weighted by molar-refractivity contribution is 6.00. The van der Waals surface area contributed by atoms with Crippen molar-refractivity contribution in [2.45, 2.75) is 52.6 Å². The molecule has 0 bridgehead atoms. The number of hydrogen-bond acceptors (Lipinski definition) is 4. The number of aromatic nitrogens is 1. The molecule has 42 heavy (non-hydrogen) atoms. The number of ether oxygens (including phenoxy) is 1. The van der Waals surface area contributed by atoms with Crippen LogP contribution in [0.4, 0.5) is 33.0 Å². The van der Waals surface area contributed by atoms with Crippen LogP contribution in [0.15, 0.2) is 63.7 Å². The van der Waals surface area contributed by atoms with E-state index in [0.717, 1.165) is 31.1 Å². The lowest BCUT2D eigenvalue weighted by molar-refractivity contribution is 0.151. The molecule has 1 aliphatic rings. The molecule has 0 radical (unpaired) electrons. The molecule has 0 N–H and O–H groups in total. The third kappa shape index (κ3) is 8.34. The maximum absolute atomic E-state index is 15.1. The van der Waals surface area contributed by atoms with Gasteiger partial charge in [-0.1, -0.05) is 20.3 Å². The summed E-state index contributed by atoms with van der Waals surface area (Å²) in [5, 5.41) is 0. The number of amides is 3. The molecule has 0 saturated carbocycles. The number of rotatable bonds is 10. The van der Waals surface area contributed by atoms with E-state index < -0.39 is 47.7 Å². The van der Waals surface area contributed by atoms with Gasteiger partial charge in [-0.05, 0) is 55.5 Å². The van der Waals surface area contributed by atoms with Gasteiger partial charge in [0, 0.05) is 43.9 Å². The van der Waals surface area contributed by atoms with Gasteiger partial charge in [-0.25, -0.2) is 42.0 Å². The SMILES string of the molecule is CCCC(/C=N/C(=O)N(C1=C(F)CCC=C1F)c1ccc(COC(=O)/N=C/N(C)C)c(-c2ccc(F)cc2F)n1)CC. The van der Waals surface area contributed by atoms with Crippen LogP contribution in [0.2, 0.25) is 0 Å². The molecule has 0 aliphatic heterocycles. The predicted octanol–water partition coefficient (Wildman–Crippen LogP) is 7.91. The number of carbonyl (C=O) groups is 2. The summed E-state index contributed by atoms with van der Waals surface area (Å²) in [5.41, 5.74) is -0.825. The Bertz CT molecular complexity index is 1420. The smallest absolute Gasteiger partial charge is 0.435 e. The Hall–Kier alpha value is -4.35. The van der Waals surface area contributed by atoms with Gasteiger partial charge in [-0.15, -0.1) is 0 Å². The van der Waals surface area contributed by atoms with Crippen LogP contribution in [0.3, 0.4) is 0 Å². The van der Waals surface area contributed by atoms with Crippen LogP contribution >= 0.6 is 0 Å². The van der Waals surface area contributed by atoms with Crippen molar-refractivity contribution in [3.05, 3.63) is 71.0 Å². The minimum absolute atomic E-state index is 0.0320. The van der Waals surface area contributed by atoms with Gasteiger partial charge in [-0.2, -0.15) is 4.99 Å². The molecule has 0 fully saturated rings. The number of allylic oxidation sites excluding steroid dienone is 3. The first kappa shape index (κ1) is 32.2. The number of carbonyl (C=O) groups excluding carboxylic acids is 2. The summed E-state index contributed by atoms with van der Waals surface area (Å²) < 4.78 is 64.0. The van der Waals surface area contributed by atoms with Gasteiger partial charge in [0.1, 0.15) is 41.4 Å². The Balaban J connectivity index is 2.14. The lowest BCUT2D eigenvalue weighted by Gasteiger charge is -2.25. The van der Waals surface area contributed by atoms with Crippen LogP contribution in [0, 0.1) is 17.6 Å². The van der Waals surface area contributed by atoms with E-state index in [0.29, 0.717) is 17.4 Å². The van der Waals surface area contributed by atoms with Crippen molar-refractivity contribution in [2.75, 3.05) is 19.0 Å². The molecule has 12 heteroatoms. The van der Waals surface area contributed by atoms with Crippen molar-refractivity contribution >= 4 is 30.5 Å². The van der Waals surface area contributed by atoms with Crippen LogP contribution in [0.5, 0.6) is 0 Å². The lowest BCUT2D eigenvalue weighted by atomic mass is 10.0. The molecule has 3 rings (SSSR count). The van der Waals surface area contributed by atoms with Gasteiger partial charge in [0.2, 0.25) is 0 Å². The summed E-state index contributed by atoms with van der Waals surface area (Å²) in [4.78, 5) is 39.7. The van der Waals surface area contributed by atoms with E-state index in [1.807, 2.05) is 13.8 Å². The second-order valence-corrected chi connectivity index (χ2v) is 9.76. The quantitative estimate of drug-likeness (QED) is 0.160. The fourth-order valence-corrected chi connectivity index (χ4v) is 4.16. The molecule has 1 aliphatic carbocycles. The first-order chi connectivity index (χ1) is 20.0. The first-order valence-electron chi connectivity index (χ1n) is 13.5. The number of hydrogen-bond donors (Lipinski definition) is 0. The molecule has 1 heterocycles. The van der Waals surface area contributed by atoms with Gasteiger partial charge in [-0.3, -0.25) is 0 Å². The van der Waals surface area contributed by atoms with E-state index >= 15 is 8.78 Å². The van der Waals surface area contributed by atoms with Crippen molar-refractivity contribution in [3.63, 3.8) is 0 Å². The van der Waals surface area contributed by atoms with E-state index in [4.69, 9.17) is 4.74 Å². The topological polar surface area (TPSA) is 87.5 Å². The molecule has 1 aromatic carbocycles. The fraction of sp³-hybridized carbons (Fsp3) is 0.367. The zero-order valence-corrected chi connectivity index (χ0v) is 23.9. The van der Waals surface area contributed by atoms with E-state index in [9.17, 15) is 18.4 Å². The third-order valence-electron chi connectivity index (χ3n) is 6.29. The maximum atomic E-state index is 15.1. The van der Waals surface area contributed by atoms with E-state index in [1.165, 1.54) is 29.6 Å². The summed E-state index contributed by atoms with van der Waals surface area (Å²) in [7, 11) is 3.31. The highest BCUT2D eigenvalue weighted by atomic mass is 19.1. The fourth-order valence-electron chi connectivity index (χ4n) is 4.16. The van der Waals surface area contributed by atoms with Crippen molar-refractivity contribution < 1.29 is 31.9 Å². The number of halogens is 4. The van der Waals surface area contributed by atoms with Crippen molar-refractivity contribution in [2.24, 2.45) is 15.9 Å². The van der Waals surface area contributed by atoms with Crippen LogP contribution in [0.25, 0.3) is 11.3 Å². The van der Waals surface area contributed by atoms with E-state index in [2.05, 4.69) is 15.0 Å². The third-order valence-corrected chi connectivity index (χ3v) is 6.29. The number of aliphatic imine (C=N–C) groups is 2. The zero-order valence-electron chi connectivity index (χ0n) is 23.9. The monoisotopic (exact) mass is 587 g/mol. The lowest BCUT2D eigenvalue weighted by Crippen LogP contribution is -2.31. The van der Waals surface area contributed by atoms with Crippen molar-refractivity contribution in [1.29, 1.82) is 0 Å². The van der Waals surface area contributed by atoms with Gasteiger partial charge in [0.05, 0.1) is 12.0 Å². The van der Waals surface area contributed by atoms with Crippen molar-refractivity contribution in [1.82, 2.24) is 9.88 Å². The molecular weight excluding hydrogens is 554 g/mol. The largest absolute Gasteiger partial charge is 0.443 e. The minimum Gasteiger partial charge on any atom is -0.443 e. The van der Waals surface area contributed by atoms with E-state index in [-0.39, 0.29) is 41.4 Å². The number of benzene rings is 1. The molecule has 0 spiro atoms. The van der Waals surface area contributed by atoms with Gasteiger partial charge >= 0.3 is 12.1 Å². The predicted molar refractivity (Wildman–Crippen MR) is 154 cm³/mol. The van der Waals surface area contributed by atoms with Crippen LogP contribution in [-0.2, 0) is 11.3 Å². The molecule has 1 aromatic heterocycles. The molecular formula is C30H33F4N5O3. The number of urea groups is 1. The molecule has 2 aromatic rings. The summed E-state index contributed by atoms with van der Waals surface area (Å²) in [6.07, 6.45) is 5.15. The number of nitrogens with zero attached hydrogens (tertiary/aromatic N) is 5. The molecule has 1 atom stereocenters. The maximum Gasteiger partial charge on any atom is 0.435 e. The minimum atomic E-state index is -1.00. The Kier molecular flexibility index (Phi) is 11.5. The van der Waals surface area contributed by atoms with Gasteiger partial charge < -0.3 is 9.64 Å². The van der Waals surface area contributed by atoms with Crippen molar-refractivity contribution in [3.8, 4) is 11.3 Å². The van der Waals surface area contributed by atoms with Crippen LogP contribution in [0.1, 0.15) is 51.5 Å². The Morgan fingerprint density at radius 1 is 1.10 bits per heavy atom. The summed E-state index contributed by atoms with van der Waals surface area (Å²) in [5.74, 6) is -3.99.